The average molecular weight is 380 g/mol. The van der Waals surface area contributed by atoms with Gasteiger partial charge in [0.25, 0.3) is 0 Å². The average Bonchev–Trinajstić information content (AvgIpc) is 2.83. The van der Waals surface area contributed by atoms with E-state index in [0.29, 0.717) is 19.5 Å². The van der Waals surface area contributed by atoms with Gasteiger partial charge in [0.15, 0.2) is 0 Å². The molecule has 1 aliphatic carbocycles. The molecule has 0 saturated heterocycles. The smallest absolute Gasteiger partial charge is 0.240 e. The number of hydrogen-bond donors (Lipinski definition) is 2. The van der Waals surface area contributed by atoms with Gasteiger partial charge in [0.2, 0.25) is 15.9 Å². The lowest BCUT2D eigenvalue weighted by atomic mass is 9.83. The van der Waals surface area contributed by atoms with Crippen LogP contribution in [-0.4, -0.2) is 44.4 Å². The van der Waals surface area contributed by atoms with Crippen LogP contribution >= 0.6 is 0 Å². The zero-order chi connectivity index (χ0) is 18.8. The number of benzene rings is 1. The van der Waals surface area contributed by atoms with Crippen molar-refractivity contribution < 1.29 is 13.2 Å². The van der Waals surface area contributed by atoms with Gasteiger partial charge in [-0.05, 0) is 48.9 Å². The van der Waals surface area contributed by atoms with Crippen molar-refractivity contribution in [1.29, 1.82) is 0 Å². The van der Waals surface area contributed by atoms with Gasteiger partial charge in [-0.3, -0.25) is 4.79 Å². The number of nitrogens with zero attached hydrogens (tertiary/aromatic N) is 1. The van der Waals surface area contributed by atoms with E-state index >= 15 is 0 Å². The standard InChI is InChI=1S/C19H29N3O3S/c1-15(23)22-11-7-16-5-6-18(13-17(16)8-12-22)26(24,25)21-14-19(20)9-3-2-4-10-19/h5-6,13,21H,2-4,7-12,14,20H2,1H3. The molecule has 144 valence electrons. The first-order valence-corrected chi connectivity index (χ1v) is 10.9. The third kappa shape index (κ3) is 4.45. The van der Waals surface area contributed by atoms with Crippen LogP contribution in [0.25, 0.3) is 0 Å². The van der Waals surface area contributed by atoms with E-state index in [-0.39, 0.29) is 17.3 Å². The Hall–Kier alpha value is -1.44. The first-order chi connectivity index (χ1) is 12.3. The number of rotatable bonds is 4. The minimum atomic E-state index is -3.58. The van der Waals surface area contributed by atoms with Crippen LogP contribution in [0.4, 0.5) is 0 Å². The highest BCUT2D eigenvalue weighted by Gasteiger charge is 2.29. The van der Waals surface area contributed by atoms with Crippen molar-refractivity contribution in [3.05, 3.63) is 29.3 Å². The first kappa shape index (κ1) is 19.3. The lowest BCUT2D eigenvalue weighted by Crippen LogP contribution is -2.51. The third-order valence-corrected chi connectivity index (χ3v) is 7.10. The molecule has 1 aromatic carbocycles. The quantitative estimate of drug-likeness (QED) is 0.831. The minimum absolute atomic E-state index is 0.0630. The van der Waals surface area contributed by atoms with Gasteiger partial charge in [-0.25, -0.2) is 13.1 Å². The first-order valence-electron chi connectivity index (χ1n) is 9.45. The second kappa shape index (κ2) is 7.66. The van der Waals surface area contributed by atoms with E-state index in [1.807, 2.05) is 11.0 Å². The van der Waals surface area contributed by atoms with Gasteiger partial charge in [0.1, 0.15) is 0 Å². The number of fused-ring (bicyclic) bond motifs is 1. The Bertz CT molecular complexity index is 770. The van der Waals surface area contributed by atoms with Crippen LogP contribution in [0.3, 0.4) is 0 Å². The van der Waals surface area contributed by atoms with Gasteiger partial charge >= 0.3 is 0 Å². The fourth-order valence-electron chi connectivity index (χ4n) is 3.94. The molecule has 0 spiro atoms. The van der Waals surface area contributed by atoms with E-state index in [9.17, 15) is 13.2 Å². The number of nitrogens with two attached hydrogens (primary N) is 1. The molecule has 1 fully saturated rings. The molecule has 0 radical (unpaired) electrons. The summed E-state index contributed by atoms with van der Waals surface area (Å²) in [5.74, 6) is 0.0630. The predicted molar refractivity (Wildman–Crippen MR) is 101 cm³/mol. The summed E-state index contributed by atoms with van der Waals surface area (Å²) in [6, 6.07) is 5.30. The molecule has 0 aromatic heterocycles. The molecule has 1 amide bonds. The molecule has 1 heterocycles. The SMILES string of the molecule is CC(=O)N1CCc2ccc(S(=O)(=O)NCC3(N)CCCCC3)cc2CC1. The van der Waals surface area contributed by atoms with Crippen molar-refractivity contribution in [2.45, 2.75) is 62.3 Å². The third-order valence-electron chi connectivity index (χ3n) is 5.70. The summed E-state index contributed by atoms with van der Waals surface area (Å²) in [7, 11) is -3.58. The fraction of sp³-hybridized carbons (Fsp3) is 0.632. The zero-order valence-electron chi connectivity index (χ0n) is 15.5. The summed E-state index contributed by atoms with van der Waals surface area (Å²) < 4.78 is 28.2. The van der Waals surface area contributed by atoms with Crippen molar-refractivity contribution in [3.8, 4) is 0 Å². The molecule has 0 unspecified atom stereocenters. The topological polar surface area (TPSA) is 92.5 Å². The molecule has 0 bridgehead atoms. The van der Waals surface area contributed by atoms with Gasteiger partial charge in [-0.15, -0.1) is 0 Å². The molecule has 3 rings (SSSR count). The van der Waals surface area contributed by atoms with Crippen LogP contribution in [0.15, 0.2) is 23.1 Å². The highest BCUT2D eigenvalue weighted by molar-refractivity contribution is 7.89. The van der Waals surface area contributed by atoms with Crippen molar-refractivity contribution in [2.24, 2.45) is 5.73 Å². The zero-order valence-corrected chi connectivity index (χ0v) is 16.3. The normalized spacial score (nSPS) is 20.3. The Balaban J connectivity index is 1.72. The summed E-state index contributed by atoms with van der Waals surface area (Å²) in [5.41, 5.74) is 8.06. The Morgan fingerprint density at radius 2 is 1.81 bits per heavy atom. The van der Waals surface area contributed by atoms with E-state index < -0.39 is 15.6 Å². The molecular formula is C19H29N3O3S. The van der Waals surface area contributed by atoms with Crippen molar-refractivity contribution in [2.75, 3.05) is 19.6 Å². The second-order valence-corrected chi connectivity index (χ2v) is 9.45. The van der Waals surface area contributed by atoms with Crippen LogP contribution in [0, 0.1) is 0 Å². The lowest BCUT2D eigenvalue weighted by Gasteiger charge is -2.33. The molecule has 3 N–H and O–H groups in total. The number of carbonyl (C=O) groups is 1. The van der Waals surface area contributed by atoms with Gasteiger partial charge in [-0.2, -0.15) is 0 Å². The number of sulfonamides is 1. The maximum absolute atomic E-state index is 12.7. The Morgan fingerprint density at radius 3 is 2.46 bits per heavy atom. The largest absolute Gasteiger partial charge is 0.342 e. The molecule has 1 saturated carbocycles. The summed E-state index contributed by atoms with van der Waals surface area (Å²) in [4.78, 5) is 13.7. The molecular weight excluding hydrogens is 350 g/mol. The highest BCUT2D eigenvalue weighted by Crippen LogP contribution is 2.26. The molecule has 7 heteroatoms. The van der Waals surface area contributed by atoms with Gasteiger partial charge in [0, 0.05) is 32.1 Å². The summed E-state index contributed by atoms with van der Waals surface area (Å²) in [6.07, 6.45) is 6.45. The number of nitrogens with one attached hydrogen (secondary N) is 1. The van der Waals surface area contributed by atoms with Crippen molar-refractivity contribution in [1.82, 2.24) is 9.62 Å². The Morgan fingerprint density at radius 1 is 1.15 bits per heavy atom. The fourth-order valence-corrected chi connectivity index (χ4v) is 5.13. The van der Waals surface area contributed by atoms with E-state index in [4.69, 9.17) is 5.73 Å². The Labute approximate surface area is 156 Å². The number of amides is 1. The van der Waals surface area contributed by atoms with Crippen LogP contribution < -0.4 is 10.5 Å². The molecule has 1 aromatic rings. The second-order valence-electron chi connectivity index (χ2n) is 7.68. The van der Waals surface area contributed by atoms with E-state index in [1.165, 1.54) is 6.42 Å². The molecule has 0 atom stereocenters. The number of hydrogen-bond acceptors (Lipinski definition) is 4. The van der Waals surface area contributed by atoms with Crippen LogP contribution in [0.2, 0.25) is 0 Å². The highest BCUT2D eigenvalue weighted by atomic mass is 32.2. The van der Waals surface area contributed by atoms with Crippen molar-refractivity contribution in [3.63, 3.8) is 0 Å². The lowest BCUT2D eigenvalue weighted by molar-refractivity contribution is -0.128. The van der Waals surface area contributed by atoms with Crippen LogP contribution in [-0.2, 0) is 27.7 Å². The summed E-state index contributed by atoms with van der Waals surface area (Å²) in [6.45, 7) is 3.17. The van der Waals surface area contributed by atoms with Gasteiger partial charge < -0.3 is 10.6 Å². The summed E-state index contributed by atoms with van der Waals surface area (Å²) >= 11 is 0. The van der Waals surface area contributed by atoms with Gasteiger partial charge in [0.05, 0.1) is 4.90 Å². The van der Waals surface area contributed by atoms with Crippen molar-refractivity contribution >= 4 is 15.9 Å². The minimum Gasteiger partial charge on any atom is -0.342 e. The van der Waals surface area contributed by atoms with E-state index in [2.05, 4.69) is 4.72 Å². The van der Waals surface area contributed by atoms with Crippen LogP contribution in [0.1, 0.15) is 50.2 Å². The van der Waals surface area contributed by atoms with E-state index in [0.717, 1.165) is 43.2 Å². The van der Waals surface area contributed by atoms with Gasteiger partial charge in [-0.1, -0.05) is 25.3 Å². The molecule has 6 nitrogen and oxygen atoms in total. The Kier molecular flexibility index (Phi) is 5.69. The van der Waals surface area contributed by atoms with E-state index in [1.54, 1.807) is 19.1 Å². The predicted octanol–water partition coefficient (Wildman–Crippen LogP) is 1.57. The van der Waals surface area contributed by atoms with Crippen LogP contribution in [0.5, 0.6) is 0 Å². The molecule has 2 aliphatic rings. The molecule has 26 heavy (non-hydrogen) atoms. The number of carbonyl (C=O) groups excluding carboxylic acids is 1. The monoisotopic (exact) mass is 379 g/mol. The maximum Gasteiger partial charge on any atom is 0.240 e. The maximum atomic E-state index is 12.7. The molecule has 1 aliphatic heterocycles. The summed E-state index contributed by atoms with van der Waals surface area (Å²) in [5, 5.41) is 0.